The predicted octanol–water partition coefficient (Wildman–Crippen LogP) is 2.09. The quantitative estimate of drug-likeness (QED) is 0.735. The normalized spacial score (nSPS) is 24.0. The van der Waals surface area contributed by atoms with Crippen molar-refractivity contribution < 1.29 is 31.5 Å². The number of amidine groups is 1. The van der Waals surface area contributed by atoms with E-state index in [1.165, 1.54) is 11.0 Å². The van der Waals surface area contributed by atoms with E-state index in [1.54, 1.807) is 20.8 Å². The van der Waals surface area contributed by atoms with Crippen LogP contribution in [0.15, 0.2) is 23.2 Å². The van der Waals surface area contributed by atoms with E-state index in [-0.39, 0.29) is 22.4 Å². The zero-order valence-corrected chi connectivity index (χ0v) is 18.1. The third-order valence-corrected chi connectivity index (χ3v) is 7.45. The van der Waals surface area contributed by atoms with Crippen LogP contribution in [-0.4, -0.2) is 60.5 Å². The fourth-order valence-electron chi connectivity index (χ4n) is 3.13. The average Bonchev–Trinajstić information content (AvgIpc) is 3.03. The summed E-state index contributed by atoms with van der Waals surface area (Å²) in [6.07, 6.45) is -0.792. The van der Waals surface area contributed by atoms with Crippen LogP contribution >= 0.6 is 11.8 Å². The van der Waals surface area contributed by atoms with Crippen molar-refractivity contribution in [3.8, 4) is 0 Å². The highest BCUT2D eigenvalue weighted by atomic mass is 32.2. The summed E-state index contributed by atoms with van der Waals surface area (Å²) in [7, 11) is -3.33. The lowest BCUT2D eigenvalue weighted by Gasteiger charge is -2.25. The lowest BCUT2D eigenvalue weighted by molar-refractivity contribution is -0.117. The zero-order valence-electron chi connectivity index (χ0n) is 16.5. The van der Waals surface area contributed by atoms with Crippen molar-refractivity contribution in [2.24, 2.45) is 4.99 Å². The Morgan fingerprint density at radius 2 is 2.00 bits per heavy atom. The Labute approximate surface area is 177 Å². The van der Waals surface area contributed by atoms with Gasteiger partial charge in [-0.2, -0.15) is 4.99 Å². The van der Waals surface area contributed by atoms with Crippen molar-refractivity contribution in [3.63, 3.8) is 0 Å². The number of hydrogen-bond donors (Lipinski definition) is 1. The number of nitrogens with zero attached hydrogens (tertiary/aromatic N) is 2. The summed E-state index contributed by atoms with van der Waals surface area (Å²) >= 11 is 1.04. The highest BCUT2D eigenvalue weighted by molar-refractivity contribution is 8.16. The highest BCUT2D eigenvalue weighted by Crippen LogP contribution is 2.41. The summed E-state index contributed by atoms with van der Waals surface area (Å²) in [4.78, 5) is 29.2. The van der Waals surface area contributed by atoms with E-state index in [0.29, 0.717) is 6.07 Å². The van der Waals surface area contributed by atoms with Crippen molar-refractivity contribution in [2.75, 3.05) is 23.0 Å². The van der Waals surface area contributed by atoms with E-state index in [0.717, 1.165) is 17.8 Å². The Morgan fingerprint density at radius 3 is 2.63 bits per heavy atom. The fraction of sp³-hybridized carbons (Fsp3) is 0.500. The Morgan fingerprint density at radius 1 is 1.30 bits per heavy atom. The number of fused-ring (bicyclic) bond motifs is 1. The minimum Gasteiger partial charge on any atom is -0.444 e. The van der Waals surface area contributed by atoms with Gasteiger partial charge < -0.3 is 15.0 Å². The molecule has 8 nitrogen and oxygen atoms in total. The second kappa shape index (κ2) is 8.14. The summed E-state index contributed by atoms with van der Waals surface area (Å²) in [6, 6.07) is 2.27. The van der Waals surface area contributed by atoms with Gasteiger partial charge in [0.2, 0.25) is 0 Å². The lowest BCUT2D eigenvalue weighted by Crippen LogP contribution is -2.39. The number of anilines is 1. The molecule has 1 aromatic rings. The van der Waals surface area contributed by atoms with Crippen molar-refractivity contribution in [3.05, 3.63) is 29.8 Å². The minimum absolute atomic E-state index is 0.0693. The number of aliphatic imine (C=N–C) groups is 1. The summed E-state index contributed by atoms with van der Waals surface area (Å²) in [6.45, 7) is 4.56. The number of alkyl carbamates (subject to hydrolysis) is 1. The number of carbonyl (C=O) groups excluding carboxylic acids is 2. The molecule has 0 bridgehead atoms. The van der Waals surface area contributed by atoms with Gasteiger partial charge in [-0.1, -0.05) is 11.8 Å². The van der Waals surface area contributed by atoms with Gasteiger partial charge in [-0.25, -0.2) is 22.0 Å². The summed E-state index contributed by atoms with van der Waals surface area (Å²) in [5, 5.41) is 1.94. The Balaban J connectivity index is 1.82. The largest absolute Gasteiger partial charge is 0.444 e. The molecule has 0 saturated carbocycles. The van der Waals surface area contributed by atoms with E-state index in [9.17, 15) is 26.8 Å². The first-order valence-corrected chi connectivity index (χ1v) is 11.7. The molecule has 1 N–H and O–H groups in total. The third-order valence-electron chi connectivity index (χ3n) is 4.24. The highest BCUT2D eigenvalue weighted by Gasteiger charge is 2.50. The molecule has 164 valence electrons. The number of sulfone groups is 1. The van der Waals surface area contributed by atoms with Gasteiger partial charge in [0.05, 0.1) is 23.2 Å². The molecule has 1 aromatic carbocycles. The molecule has 2 fully saturated rings. The molecule has 0 spiro atoms. The number of hydrogen-bond acceptors (Lipinski definition) is 6. The molecule has 0 aliphatic carbocycles. The van der Waals surface area contributed by atoms with E-state index < -0.39 is 56.9 Å². The zero-order chi connectivity index (χ0) is 22.3. The number of benzene rings is 1. The summed E-state index contributed by atoms with van der Waals surface area (Å²) < 4.78 is 56.8. The van der Waals surface area contributed by atoms with E-state index >= 15 is 0 Å². The third kappa shape index (κ3) is 5.28. The SMILES string of the molecule is CC(C)(C)OC(=O)NCC(=O)N=C1S[C@@H]2CS(=O)(=O)C[C@@H]2N1c1ccc(F)cc1F. The molecule has 3 rings (SSSR count). The van der Waals surface area contributed by atoms with Crippen LogP contribution in [0.3, 0.4) is 0 Å². The van der Waals surface area contributed by atoms with Crippen LogP contribution in [0.2, 0.25) is 0 Å². The van der Waals surface area contributed by atoms with Gasteiger partial charge in [0.15, 0.2) is 15.0 Å². The van der Waals surface area contributed by atoms with Gasteiger partial charge in [0, 0.05) is 11.3 Å². The van der Waals surface area contributed by atoms with E-state index in [2.05, 4.69) is 10.3 Å². The van der Waals surface area contributed by atoms with Crippen LogP contribution < -0.4 is 10.2 Å². The van der Waals surface area contributed by atoms with Crippen LogP contribution in [0.25, 0.3) is 0 Å². The predicted molar refractivity (Wildman–Crippen MR) is 109 cm³/mol. The first-order chi connectivity index (χ1) is 13.8. The van der Waals surface area contributed by atoms with Gasteiger partial charge in [0.25, 0.3) is 5.91 Å². The van der Waals surface area contributed by atoms with Crippen LogP contribution in [0.4, 0.5) is 19.3 Å². The van der Waals surface area contributed by atoms with Gasteiger partial charge in [-0.15, -0.1) is 0 Å². The lowest BCUT2D eigenvalue weighted by atomic mass is 10.2. The maximum absolute atomic E-state index is 14.4. The van der Waals surface area contributed by atoms with Gasteiger partial charge >= 0.3 is 6.09 Å². The van der Waals surface area contributed by atoms with E-state index in [1.807, 2.05) is 0 Å². The number of halogens is 2. The molecular formula is C18H21F2N3O5S2. The number of amides is 2. The molecule has 2 aliphatic rings. The van der Waals surface area contributed by atoms with Crippen LogP contribution in [0.1, 0.15) is 20.8 Å². The van der Waals surface area contributed by atoms with Gasteiger partial charge in [-0.05, 0) is 32.9 Å². The topological polar surface area (TPSA) is 105 Å². The maximum atomic E-state index is 14.4. The number of rotatable bonds is 3. The van der Waals surface area contributed by atoms with Crippen molar-refractivity contribution in [1.82, 2.24) is 5.32 Å². The van der Waals surface area contributed by atoms with Gasteiger partial charge in [-0.3, -0.25) is 4.79 Å². The Bertz CT molecular complexity index is 1010. The average molecular weight is 462 g/mol. The number of thioether (sulfide) groups is 1. The maximum Gasteiger partial charge on any atom is 0.408 e. The molecule has 12 heteroatoms. The van der Waals surface area contributed by atoms with Gasteiger partial charge in [0.1, 0.15) is 23.8 Å². The van der Waals surface area contributed by atoms with Crippen molar-refractivity contribution in [1.29, 1.82) is 0 Å². The number of carbonyl (C=O) groups is 2. The molecule has 2 saturated heterocycles. The molecule has 2 amide bonds. The summed E-state index contributed by atoms with van der Waals surface area (Å²) in [5.74, 6) is -2.77. The fourth-order valence-corrected chi connectivity index (χ4v) is 7.06. The smallest absolute Gasteiger partial charge is 0.408 e. The summed E-state index contributed by atoms with van der Waals surface area (Å²) in [5.41, 5.74) is -0.805. The monoisotopic (exact) mass is 461 g/mol. The molecule has 2 atom stereocenters. The van der Waals surface area contributed by atoms with Crippen LogP contribution in [0.5, 0.6) is 0 Å². The van der Waals surface area contributed by atoms with Crippen LogP contribution in [-0.2, 0) is 19.4 Å². The number of nitrogens with one attached hydrogen (secondary N) is 1. The first kappa shape index (κ1) is 22.5. The standard InChI is InChI=1S/C18H21F2N3O5S2/c1-18(2,3)28-17(25)21-7-15(24)22-16-23(12-5-4-10(19)6-11(12)20)13-8-30(26,27)9-14(13)29-16/h4-6,13-14H,7-9H2,1-3H3,(H,21,25)/t13-,14+/m0/s1. The van der Waals surface area contributed by atoms with Crippen LogP contribution in [0, 0.1) is 11.6 Å². The Hall–Kier alpha value is -2.21. The second-order valence-electron chi connectivity index (χ2n) is 7.91. The van der Waals surface area contributed by atoms with Crippen molar-refractivity contribution in [2.45, 2.75) is 37.7 Å². The molecule has 0 unspecified atom stereocenters. The molecule has 2 aliphatic heterocycles. The second-order valence-corrected chi connectivity index (χ2v) is 11.3. The molecule has 0 radical (unpaired) electrons. The number of ether oxygens (including phenoxy) is 1. The van der Waals surface area contributed by atoms with Crippen molar-refractivity contribution >= 4 is 44.5 Å². The minimum atomic E-state index is -3.33. The molecule has 30 heavy (non-hydrogen) atoms. The molecule has 0 aromatic heterocycles. The van der Waals surface area contributed by atoms with E-state index in [4.69, 9.17) is 4.74 Å². The molecular weight excluding hydrogens is 440 g/mol. The Kier molecular flexibility index (Phi) is 6.10. The first-order valence-electron chi connectivity index (χ1n) is 9.04. The molecule has 2 heterocycles.